The van der Waals surface area contributed by atoms with Gasteiger partial charge in [0, 0.05) is 23.9 Å². The quantitative estimate of drug-likeness (QED) is 0.788. The molecular formula is C18H17F5N2O. The maximum atomic E-state index is 13.7. The molecule has 0 heterocycles. The summed E-state index contributed by atoms with van der Waals surface area (Å²) < 4.78 is 61.9. The van der Waals surface area contributed by atoms with Gasteiger partial charge >= 0.3 is 6.18 Å². The Morgan fingerprint density at radius 3 is 2.12 bits per heavy atom. The highest BCUT2D eigenvalue weighted by molar-refractivity contribution is 5.93. The minimum Gasteiger partial charge on any atom is -0.388 e. The van der Waals surface area contributed by atoms with Crippen molar-refractivity contribution in [3.05, 3.63) is 77.4 Å². The highest BCUT2D eigenvalue weighted by atomic mass is 19.4. The van der Waals surface area contributed by atoms with Crippen molar-refractivity contribution in [2.75, 3.05) is 7.05 Å². The highest BCUT2D eigenvalue weighted by Gasteiger charge is 2.25. The molecule has 8 heteroatoms. The lowest BCUT2D eigenvalue weighted by Gasteiger charge is -2.10. The Labute approximate surface area is 147 Å². The fourth-order valence-corrected chi connectivity index (χ4v) is 1.87. The first-order valence-electron chi connectivity index (χ1n) is 7.39. The van der Waals surface area contributed by atoms with Crippen LogP contribution < -0.4 is 11.1 Å². The van der Waals surface area contributed by atoms with Gasteiger partial charge in [0.25, 0.3) is 0 Å². The number of nitrogens with one attached hydrogen (secondary N) is 1. The molecule has 0 fully saturated rings. The summed E-state index contributed by atoms with van der Waals surface area (Å²) in [6, 6.07) is 11.3. The van der Waals surface area contributed by atoms with E-state index in [0.29, 0.717) is 0 Å². The Bertz CT molecular complexity index is 758. The number of hydrogen-bond donors (Lipinski definition) is 2. The lowest BCUT2D eigenvalue weighted by molar-refractivity contribution is -0.124. The Hall–Kier alpha value is -2.90. The van der Waals surface area contributed by atoms with Crippen molar-refractivity contribution in [2.45, 2.75) is 12.6 Å². The predicted molar refractivity (Wildman–Crippen MR) is 89.0 cm³/mol. The maximum absolute atomic E-state index is 13.7. The van der Waals surface area contributed by atoms with Gasteiger partial charge in [-0.2, -0.15) is 13.2 Å². The normalized spacial score (nSPS) is 11.4. The SMILES string of the molecule is CN/C(=C\CC(F)(F)F)c1ccc(C(N)=O)cc1F.Fc1ccccc1. The molecule has 2 aromatic carbocycles. The number of carbonyl (C=O) groups excluding carboxylic acids is 1. The zero-order valence-corrected chi connectivity index (χ0v) is 13.8. The van der Waals surface area contributed by atoms with Crippen molar-refractivity contribution in [3.63, 3.8) is 0 Å². The Morgan fingerprint density at radius 2 is 1.73 bits per heavy atom. The molecule has 0 bridgehead atoms. The van der Waals surface area contributed by atoms with Crippen molar-refractivity contribution >= 4 is 11.6 Å². The predicted octanol–water partition coefficient (Wildman–Crippen LogP) is 4.26. The highest BCUT2D eigenvalue weighted by Crippen LogP contribution is 2.24. The average Bonchev–Trinajstić information content (AvgIpc) is 2.56. The van der Waals surface area contributed by atoms with E-state index in [1.54, 1.807) is 18.2 Å². The van der Waals surface area contributed by atoms with E-state index >= 15 is 0 Å². The van der Waals surface area contributed by atoms with E-state index in [1.807, 2.05) is 0 Å². The molecule has 3 N–H and O–H groups in total. The number of primary amides is 1. The number of nitrogens with two attached hydrogens (primary N) is 1. The van der Waals surface area contributed by atoms with Crippen molar-refractivity contribution in [1.29, 1.82) is 0 Å². The number of amides is 1. The van der Waals surface area contributed by atoms with Gasteiger partial charge in [-0.15, -0.1) is 0 Å². The fraction of sp³-hybridized carbons (Fsp3) is 0.167. The van der Waals surface area contributed by atoms with E-state index in [2.05, 4.69) is 5.32 Å². The van der Waals surface area contributed by atoms with Crippen molar-refractivity contribution in [1.82, 2.24) is 5.32 Å². The van der Waals surface area contributed by atoms with Crippen LogP contribution in [-0.4, -0.2) is 19.1 Å². The lowest BCUT2D eigenvalue weighted by atomic mass is 10.1. The molecule has 0 aliphatic heterocycles. The second kappa shape index (κ2) is 9.55. The number of allylic oxidation sites excluding steroid dienone is 1. The second-order valence-corrected chi connectivity index (χ2v) is 5.04. The first-order chi connectivity index (χ1) is 12.1. The van der Waals surface area contributed by atoms with Crippen LogP contribution in [0.2, 0.25) is 0 Å². The number of alkyl halides is 3. The van der Waals surface area contributed by atoms with Crippen LogP contribution >= 0.6 is 0 Å². The molecule has 0 unspecified atom stereocenters. The summed E-state index contributed by atoms with van der Waals surface area (Å²) in [5, 5.41) is 2.49. The average molecular weight is 372 g/mol. The third-order valence-electron chi connectivity index (χ3n) is 3.08. The molecule has 1 amide bonds. The second-order valence-electron chi connectivity index (χ2n) is 5.04. The van der Waals surface area contributed by atoms with Crippen LogP contribution in [0.5, 0.6) is 0 Å². The third kappa shape index (κ3) is 7.33. The number of benzene rings is 2. The molecule has 0 aromatic heterocycles. The van der Waals surface area contributed by atoms with E-state index in [0.717, 1.165) is 12.1 Å². The van der Waals surface area contributed by atoms with Crippen molar-refractivity contribution < 1.29 is 26.7 Å². The van der Waals surface area contributed by atoms with E-state index in [4.69, 9.17) is 5.73 Å². The Kier molecular flexibility index (Phi) is 7.77. The molecule has 0 aliphatic carbocycles. The third-order valence-corrected chi connectivity index (χ3v) is 3.08. The molecule has 0 saturated carbocycles. The fourth-order valence-electron chi connectivity index (χ4n) is 1.87. The van der Waals surface area contributed by atoms with Gasteiger partial charge in [0.05, 0.1) is 6.42 Å². The molecule has 2 aromatic rings. The molecule has 140 valence electrons. The largest absolute Gasteiger partial charge is 0.392 e. The van der Waals surface area contributed by atoms with E-state index in [9.17, 15) is 26.7 Å². The minimum atomic E-state index is -4.37. The molecule has 0 aliphatic rings. The topological polar surface area (TPSA) is 55.1 Å². The van der Waals surface area contributed by atoms with Crippen molar-refractivity contribution in [2.24, 2.45) is 5.73 Å². The van der Waals surface area contributed by atoms with Gasteiger partial charge < -0.3 is 11.1 Å². The molecular weight excluding hydrogens is 355 g/mol. The standard InChI is InChI=1S/C12H12F4N2O.C6H5F/c1-18-10(4-5-12(14,15)16)8-3-2-7(11(17)19)6-9(8)13;7-6-4-2-1-3-5-6/h2-4,6,18H,5H2,1H3,(H2,17,19);1-5H/b10-4-;. The van der Waals surface area contributed by atoms with Gasteiger partial charge in [0.15, 0.2) is 0 Å². The first kappa shape index (κ1) is 21.1. The van der Waals surface area contributed by atoms with Gasteiger partial charge in [-0.1, -0.05) is 24.3 Å². The summed E-state index contributed by atoms with van der Waals surface area (Å²) in [6.07, 6.45) is -4.71. The summed E-state index contributed by atoms with van der Waals surface area (Å²) >= 11 is 0. The Morgan fingerprint density at radius 1 is 1.12 bits per heavy atom. The van der Waals surface area contributed by atoms with E-state index < -0.39 is 24.3 Å². The van der Waals surface area contributed by atoms with Gasteiger partial charge in [-0.05, 0) is 30.3 Å². The van der Waals surface area contributed by atoms with E-state index in [-0.39, 0.29) is 22.6 Å². The van der Waals surface area contributed by atoms with Crippen LogP contribution in [0, 0.1) is 11.6 Å². The number of halogens is 5. The van der Waals surface area contributed by atoms with Crippen LogP contribution in [0.3, 0.4) is 0 Å². The van der Waals surface area contributed by atoms with Gasteiger partial charge in [0.2, 0.25) is 5.91 Å². The molecule has 0 spiro atoms. The number of carbonyl (C=O) groups is 1. The molecule has 3 nitrogen and oxygen atoms in total. The Balaban J connectivity index is 0.000000401. The smallest absolute Gasteiger partial charge is 0.388 e. The van der Waals surface area contributed by atoms with Gasteiger partial charge in [-0.3, -0.25) is 4.79 Å². The minimum absolute atomic E-state index is 0.00848. The molecule has 0 saturated heterocycles. The lowest BCUT2D eigenvalue weighted by Crippen LogP contribution is -2.13. The summed E-state index contributed by atoms with van der Waals surface area (Å²) in [4.78, 5) is 10.8. The van der Waals surface area contributed by atoms with Crippen LogP contribution in [0.4, 0.5) is 22.0 Å². The zero-order valence-electron chi connectivity index (χ0n) is 13.8. The number of hydrogen-bond acceptors (Lipinski definition) is 2. The summed E-state index contributed by atoms with van der Waals surface area (Å²) in [5.74, 6) is -1.81. The summed E-state index contributed by atoms with van der Waals surface area (Å²) in [5.41, 5.74) is 4.86. The van der Waals surface area contributed by atoms with Gasteiger partial charge in [-0.25, -0.2) is 8.78 Å². The molecule has 0 atom stereocenters. The number of rotatable bonds is 4. The van der Waals surface area contributed by atoms with Gasteiger partial charge in [0.1, 0.15) is 11.6 Å². The zero-order chi connectivity index (χ0) is 19.7. The maximum Gasteiger partial charge on any atom is 0.392 e. The van der Waals surface area contributed by atoms with E-state index in [1.165, 1.54) is 31.3 Å². The summed E-state index contributed by atoms with van der Waals surface area (Å²) in [7, 11) is 1.38. The van der Waals surface area contributed by atoms with Crippen molar-refractivity contribution in [3.8, 4) is 0 Å². The molecule has 26 heavy (non-hydrogen) atoms. The van der Waals surface area contributed by atoms with Crippen LogP contribution in [0.1, 0.15) is 22.3 Å². The molecule has 0 radical (unpaired) electrons. The molecule has 2 rings (SSSR count). The summed E-state index contributed by atoms with van der Waals surface area (Å²) in [6.45, 7) is 0. The van der Waals surface area contributed by atoms with Crippen LogP contribution in [0.15, 0.2) is 54.6 Å². The first-order valence-corrected chi connectivity index (χ1v) is 7.39. The van der Waals surface area contributed by atoms with Crippen LogP contribution in [-0.2, 0) is 0 Å². The van der Waals surface area contributed by atoms with Crippen LogP contribution in [0.25, 0.3) is 5.70 Å². The monoisotopic (exact) mass is 372 g/mol.